The van der Waals surface area contributed by atoms with Crippen molar-refractivity contribution in [3.05, 3.63) is 35.4 Å². The molecule has 0 bridgehead atoms. The zero-order valence-electron chi connectivity index (χ0n) is 11.1. The number of hydrogen-bond acceptors (Lipinski definition) is 3. The quantitative estimate of drug-likeness (QED) is 0.889. The Morgan fingerprint density at radius 3 is 2.56 bits per heavy atom. The Hall–Kier alpha value is -1.19. The van der Waals surface area contributed by atoms with Crippen LogP contribution in [0.4, 0.5) is 0 Å². The zero-order valence-corrected chi connectivity index (χ0v) is 11.1. The van der Waals surface area contributed by atoms with E-state index in [-0.39, 0.29) is 5.78 Å². The fourth-order valence-electron chi connectivity index (χ4n) is 2.56. The summed E-state index contributed by atoms with van der Waals surface area (Å²) in [5, 5.41) is 10.7. The fourth-order valence-corrected chi connectivity index (χ4v) is 2.56. The molecule has 0 aliphatic heterocycles. The number of Topliss-reactive ketones (excluding diaryl/α,β-unsaturated/α-hetero) is 1. The zero-order chi connectivity index (χ0) is 13.2. The molecule has 3 nitrogen and oxygen atoms in total. The molecule has 1 N–H and O–H groups in total. The van der Waals surface area contributed by atoms with Gasteiger partial charge in [-0.1, -0.05) is 24.3 Å². The van der Waals surface area contributed by atoms with Gasteiger partial charge < -0.3 is 10.0 Å². The first-order valence-corrected chi connectivity index (χ1v) is 6.48. The van der Waals surface area contributed by atoms with E-state index in [1.807, 2.05) is 26.2 Å². The van der Waals surface area contributed by atoms with Gasteiger partial charge >= 0.3 is 0 Å². The highest BCUT2D eigenvalue weighted by molar-refractivity contribution is 5.79. The number of benzene rings is 1. The monoisotopic (exact) mass is 247 g/mol. The summed E-state index contributed by atoms with van der Waals surface area (Å²) in [5.41, 5.74) is 1.34. The van der Waals surface area contributed by atoms with Crippen LogP contribution in [-0.2, 0) is 16.9 Å². The van der Waals surface area contributed by atoms with E-state index in [0.717, 1.165) is 12.1 Å². The van der Waals surface area contributed by atoms with Gasteiger partial charge in [0.2, 0.25) is 0 Å². The van der Waals surface area contributed by atoms with Crippen LogP contribution in [0.3, 0.4) is 0 Å². The molecule has 1 fully saturated rings. The Bertz CT molecular complexity index is 430. The minimum absolute atomic E-state index is 0.268. The number of rotatable bonds is 3. The summed E-state index contributed by atoms with van der Waals surface area (Å²) >= 11 is 0. The molecule has 0 radical (unpaired) electrons. The topological polar surface area (TPSA) is 40.5 Å². The maximum atomic E-state index is 11.3. The first-order valence-electron chi connectivity index (χ1n) is 6.48. The number of carbonyl (C=O) groups is 1. The molecule has 1 aromatic carbocycles. The van der Waals surface area contributed by atoms with E-state index in [9.17, 15) is 9.90 Å². The summed E-state index contributed by atoms with van der Waals surface area (Å²) in [6, 6.07) is 8.09. The Balaban J connectivity index is 2.19. The standard InChI is InChI=1S/C15H21NO2/c1-16(2)11-12-4-3-5-13(10-12)15(18)8-6-14(17)7-9-15/h3-5,10,18H,6-9,11H2,1-2H3. The number of hydrogen-bond donors (Lipinski definition) is 1. The summed E-state index contributed by atoms with van der Waals surface area (Å²) in [6.45, 7) is 0.864. The molecule has 1 aliphatic rings. The van der Waals surface area contributed by atoms with Gasteiger partial charge in [0.05, 0.1) is 5.60 Å². The lowest BCUT2D eigenvalue weighted by molar-refractivity contribution is -0.125. The van der Waals surface area contributed by atoms with Crippen LogP contribution in [0.25, 0.3) is 0 Å². The molecule has 0 spiro atoms. The van der Waals surface area contributed by atoms with E-state index in [1.54, 1.807) is 0 Å². The van der Waals surface area contributed by atoms with Crippen LogP contribution in [0.1, 0.15) is 36.8 Å². The average molecular weight is 247 g/mol. The Labute approximate surface area is 108 Å². The van der Waals surface area contributed by atoms with Crippen molar-refractivity contribution < 1.29 is 9.90 Å². The van der Waals surface area contributed by atoms with E-state index >= 15 is 0 Å². The second-order valence-electron chi connectivity index (χ2n) is 5.51. The Kier molecular flexibility index (Phi) is 3.83. The maximum absolute atomic E-state index is 11.3. The third-order valence-electron chi connectivity index (χ3n) is 3.60. The summed E-state index contributed by atoms with van der Waals surface area (Å²) in [6.07, 6.45) is 2.09. The predicted octanol–water partition coefficient (Wildman–Crippen LogP) is 2.08. The molecule has 0 saturated heterocycles. The van der Waals surface area contributed by atoms with Gasteiger partial charge in [-0.15, -0.1) is 0 Å². The summed E-state index contributed by atoms with van der Waals surface area (Å²) in [5.74, 6) is 0.268. The van der Waals surface area contributed by atoms with Gasteiger partial charge in [0.1, 0.15) is 5.78 Å². The molecule has 18 heavy (non-hydrogen) atoms. The van der Waals surface area contributed by atoms with Crippen LogP contribution in [-0.4, -0.2) is 29.9 Å². The van der Waals surface area contributed by atoms with Crippen LogP contribution >= 0.6 is 0 Å². The lowest BCUT2D eigenvalue weighted by Gasteiger charge is -2.32. The molecule has 0 atom stereocenters. The molecule has 0 unspecified atom stereocenters. The maximum Gasteiger partial charge on any atom is 0.133 e. The molecule has 2 rings (SSSR count). The second kappa shape index (κ2) is 5.21. The largest absolute Gasteiger partial charge is 0.385 e. The van der Waals surface area contributed by atoms with Crippen LogP contribution in [0.5, 0.6) is 0 Å². The highest BCUT2D eigenvalue weighted by atomic mass is 16.3. The van der Waals surface area contributed by atoms with Crippen molar-refractivity contribution in [2.75, 3.05) is 14.1 Å². The van der Waals surface area contributed by atoms with E-state index in [0.29, 0.717) is 25.7 Å². The van der Waals surface area contributed by atoms with Gasteiger partial charge in [-0.05, 0) is 38.1 Å². The Morgan fingerprint density at radius 2 is 1.94 bits per heavy atom. The van der Waals surface area contributed by atoms with Gasteiger partial charge in [0, 0.05) is 19.4 Å². The van der Waals surface area contributed by atoms with E-state index in [1.165, 1.54) is 5.56 Å². The molecule has 3 heteroatoms. The van der Waals surface area contributed by atoms with Gasteiger partial charge in [-0.2, -0.15) is 0 Å². The SMILES string of the molecule is CN(C)Cc1cccc(C2(O)CCC(=O)CC2)c1. The Morgan fingerprint density at radius 1 is 1.28 bits per heavy atom. The third kappa shape index (κ3) is 2.98. The van der Waals surface area contributed by atoms with Gasteiger partial charge in [0.25, 0.3) is 0 Å². The summed E-state index contributed by atoms with van der Waals surface area (Å²) in [4.78, 5) is 13.4. The van der Waals surface area contributed by atoms with Crippen LogP contribution < -0.4 is 0 Å². The van der Waals surface area contributed by atoms with Crippen molar-refractivity contribution in [2.24, 2.45) is 0 Å². The number of ketones is 1. The average Bonchev–Trinajstić information content (AvgIpc) is 2.33. The number of aliphatic hydroxyl groups is 1. The normalized spacial score (nSPS) is 19.2. The predicted molar refractivity (Wildman–Crippen MR) is 71.2 cm³/mol. The molecule has 1 aromatic rings. The minimum atomic E-state index is -0.809. The molecule has 0 amide bonds. The summed E-state index contributed by atoms with van der Waals surface area (Å²) < 4.78 is 0. The van der Waals surface area contributed by atoms with E-state index in [2.05, 4.69) is 17.0 Å². The highest BCUT2D eigenvalue weighted by Gasteiger charge is 2.34. The van der Waals surface area contributed by atoms with E-state index in [4.69, 9.17) is 0 Å². The highest BCUT2D eigenvalue weighted by Crippen LogP contribution is 2.35. The molecule has 0 heterocycles. The lowest BCUT2D eigenvalue weighted by atomic mass is 9.79. The van der Waals surface area contributed by atoms with Crippen molar-refractivity contribution in [3.8, 4) is 0 Å². The minimum Gasteiger partial charge on any atom is -0.385 e. The molecular formula is C15H21NO2. The number of carbonyl (C=O) groups excluding carboxylic acids is 1. The smallest absolute Gasteiger partial charge is 0.133 e. The van der Waals surface area contributed by atoms with Crippen LogP contribution in [0, 0.1) is 0 Å². The van der Waals surface area contributed by atoms with Gasteiger partial charge in [0.15, 0.2) is 0 Å². The van der Waals surface area contributed by atoms with Crippen molar-refractivity contribution in [3.63, 3.8) is 0 Å². The van der Waals surface area contributed by atoms with E-state index < -0.39 is 5.60 Å². The molecule has 1 aliphatic carbocycles. The lowest BCUT2D eigenvalue weighted by Crippen LogP contribution is -2.31. The second-order valence-corrected chi connectivity index (χ2v) is 5.51. The first kappa shape index (κ1) is 13.2. The van der Waals surface area contributed by atoms with Crippen molar-refractivity contribution in [1.82, 2.24) is 4.90 Å². The van der Waals surface area contributed by atoms with Crippen LogP contribution in [0.2, 0.25) is 0 Å². The van der Waals surface area contributed by atoms with Crippen molar-refractivity contribution in [2.45, 2.75) is 37.8 Å². The number of nitrogens with zero attached hydrogens (tertiary/aromatic N) is 1. The van der Waals surface area contributed by atoms with Crippen LogP contribution in [0.15, 0.2) is 24.3 Å². The third-order valence-corrected chi connectivity index (χ3v) is 3.60. The molecule has 1 saturated carbocycles. The fraction of sp³-hybridized carbons (Fsp3) is 0.533. The molecular weight excluding hydrogens is 226 g/mol. The van der Waals surface area contributed by atoms with Crippen molar-refractivity contribution >= 4 is 5.78 Å². The first-order chi connectivity index (χ1) is 8.49. The summed E-state index contributed by atoms with van der Waals surface area (Å²) in [7, 11) is 4.06. The van der Waals surface area contributed by atoms with Gasteiger partial charge in [-0.25, -0.2) is 0 Å². The van der Waals surface area contributed by atoms with Crippen molar-refractivity contribution in [1.29, 1.82) is 0 Å². The molecule has 0 aromatic heterocycles. The van der Waals surface area contributed by atoms with Gasteiger partial charge in [-0.3, -0.25) is 4.79 Å². The molecule has 98 valence electrons.